The molecule has 1 heterocycles. The summed E-state index contributed by atoms with van der Waals surface area (Å²) in [4.78, 5) is 0. The molecule has 104 valence electrons. The van der Waals surface area contributed by atoms with Crippen LogP contribution < -0.4 is 0 Å². The van der Waals surface area contributed by atoms with E-state index in [2.05, 4.69) is 45.3 Å². The molecule has 0 radical (unpaired) electrons. The zero-order valence-electron chi connectivity index (χ0n) is 12.6. The van der Waals surface area contributed by atoms with Crippen LogP contribution in [0.1, 0.15) is 34.6 Å². The molecule has 1 aliphatic heterocycles. The minimum atomic E-state index is -1.64. The van der Waals surface area contributed by atoms with Crippen molar-refractivity contribution in [3.8, 4) is 11.5 Å². The Morgan fingerprint density at radius 3 is 2.22 bits per heavy atom. The molecule has 0 aromatic heterocycles. The molecule has 1 rings (SSSR count). The van der Waals surface area contributed by atoms with Gasteiger partial charge in [-0.2, -0.15) is 0 Å². The lowest BCUT2D eigenvalue weighted by atomic mass is 10.2. The standard InChI is InChI=1S/C14H26O3Si/c1-13(2,3)18(6,7)9-8-11-12(10-15)17-14(4,5)16-11/h11-12,15H,10H2,1-7H3/t11-,12+/m0/s1. The van der Waals surface area contributed by atoms with Crippen molar-refractivity contribution >= 4 is 8.07 Å². The molecule has 0 spiro atoms. The summed E-state index contributed by atoms with van der Waals surface area (Å²) in [7, 11) is -1.64. The van der Waals surface area contributed by atoms with E-state index in [9.17, 15) is 5.11 Å². The molecule has 0 saturated carbocycles. The minimum Gasteiger partial charge on any atom is -0.394 e. The Morgan fingerprint density at radius 1 is 1.22 bits per heavy atom. The quantitative estimate of drug-likeness (QED) is 0.588. The largest absolute Gasteiger partial charge is 0.394 e. The second-order valence-corrected chi connectivity index (χ2v) is 11.9. The van der Waals surface area contributed by atoms with E-state index in [1.807, 2.05) is 13.8 Å². The van der Waals surface area contributed by atoms with Gasteiger partial charge in [0.05, 0.1) is 6.61 Å². The highest BCUT2D eigenvalue weighted by Crippen LogP contribution is 2.35. The van der Waals surface area contributed by atoms with E-state index in [1.54, 1.807) is 0 Å². The van der Waals surface area contributed by atoms with Crippen molar-refractivity contribution in [1.29, 1.82) is 0 Å². The van der Waals surface area contributed by atoms with Crippen molar-refractivity contribution in [1.82, 2.24) is 0 Å². The second-order valence-electron chi connectivity index (χ2n) is 6.92. The summed E-state index contributed by atoms with van der Waals surface area (Å²) in [5.74, 6) is 2.54. The van der Waals surface area contributed by atoms with E-state index in [4.69, 9.17) is 9.47 Å². The van der Waals surface area contributed by atoms with Crippen molar-refractivity contribution in [3.05, 3.63) is 0 Å². The monoisotopic (exact) mass is 270 g/mol. The topological polar surface area (TPSA) is 38.7 Å². The fourth-order valence-corrected chi connectivity index (χ4v) is 2.41. The summed E-state index contributed by atoms with van der Waals surface area (Å²) >= 11 is 0. The number of aliphatic hydroxyl groups excluding tert-OH is 1. The third-order valence-corrected chi connectivity index (χ3v) is 8.28. The zero-order valence-corrected chi connectivity index (χ0v) is 13.6. The molecule has 1 saturated heterocycles. The van der Waals surface area contributed by atoms with E-state index in [-0.39, 0.29) is 23.9 Å². The van der Waals surface area contributed by atoms with E-state index in [0.717, 1.165) is 0 Å². The van der Waals surface area contributed by atoms with Crippen molar-refractivity contribution in [2.45, 2.75) is 70.7 Å². The Hall–Kier alpha value is -0.343. The smallest absolute Gasteiger partial charge is 0.165 e. The van der Waals surface area contributed by atoms with Gasteiger partial charge in [0.25, 0.3) is 0 Å². The second kappa shape index (κ2) is 4.97. The third kappa shape index (κ3) is 3.58. The first-order chi connectivity index (χ1) is 7.98. The van der Waals surface area contributed by atoms with Gasteiger partial charge in [0, 0.05) is 0 Å². The van der Waals surface area contributed by atoms with Crippen LogP contribution in [0.4, 0.5) is 0 Å². The summed E-state index contributed by atoms with van der Waals surface area (Å²) in [6, 6.07) is 0. The van der Waals surface area contributed by atoms with Crippen LogP contribution in [0, 0.1) is 11.5 Å². The van der Waals surface area contributed by atoms with E-state index >= 15 is 0 Å². The lowest BCUT2D eigenvalue weighted by Crippen LogP contribution is -2.36. The Bertz CT molecular complexity index is 357. The van der Waals surface area contributed by atoms with Gasteiger partial charge in [0.15, 0.2) is 5.79 Å². The highest BCUT2D eigenvalue weighted by molar-refractivity contribution is 6.87. The van der Waals surface area contributed by atoms with Crippen LogP contribution in [0.3, 0.4) is 0 Å². The zero-order chi connectivity index (χ0) is 14.2. The summed E-state index contributed by atoms with van der Waals surface area (Å²) in [6.45, 7) is 14.9. The van der Waals surface area contributed by atoms with Crippen molar-refractivity contribution < 1.29 is 14.6 Å². The van der Waals surface area contributed by atoms with E-state index in [0.29, 0.717) is 0 Å². The fraction of sp³-hybridized carbons (Fsp3) is 0.857. The van der Waals surface area contributed by atoms with Gasteiger partial charge in [-0.3, -0.25) is 0 Å². The Labute approximate surface area is 112 Å². The Kier molecular flexibility index (Phi) is 4.34. The van der Waals surface area contributed by atoms with E-state index < -0.39 is 13.9 Å². The van der Waals surface area contributed by atoms with Gasteiger partial charge in [-0.1, -0.05) is 39.8 Å². The molecular formula is C14H26O3Si. The maximum absolute atomic E-state index is 9.30. The molecule has 1 N–H and O–H groups in total. The number of hydrogen-bond donors (Lipinski definition) is 1. The fourth-order valence-electron chi connectivity index (χ4n) is 1.53. The van der Waals surface area contributed by atoms with Crippen molar-refractivity contribution in [2.75, 3.05) is 6.61 Å². The van der Waals surface area contributed by atoms with Crippen LogP contribution in [-0.2, 0) is 9.47 Å². The maximum Gasteiger partial charge on any atom is 0.165 e. The highest BCUT2D eigenvalue weighted by atomic mass is 28.3. The highest BCUT2D eigenvalue weighted by Gasteiger charge is 2.41. The molecule has 2 atom stereocenters. The van der Waals surface area contributed by atoms with Crippen LogP contribution in [0.5, 0.6) is 0 Å². The number of ether oxygens (including phenoxy) is 2. The van der Waals surface area contributed by atoms with Crippen LogP contribution >= 0.6 is 0 Å². The minimum absolute atomic E-state index is 0.0553. The molecule has 0 aromatic rings. The summed E-state index contributed by atoms with van der Waals surface area (Å²) in [5, 5.41) is 9.52. The first kappa shape index (κ1) is 15.7. The van der Waals surface area contributed by atoms with Gasteiger partial charge < -0.3 is 14.6 Å². The molecule has 0 aromatic carbocycles. The molecule has 0 amide bonds. The maximum atomic E-state index is 9.30. The van der Waals surface area contributed by atoms with Gasteiger partial charge >= 0.3 is 0 Å². The molecule has 0 unspecified atom stereocenters. The first-order valence-corrected chi connectivity index (χ1v) is 9.48. The lowest BCUT2D eigenvalue weighted by Gasteiger charge is -2.31. The predicted octanol–water partition coefficient (Wildman–Crippen LogP) is 2.55. The first-order valence-electron chi connectivity index (χ1n) is 6.48. The van der Waals surface area contributed by atoms with Crippen LogP contribution in [0.25, 0.3) is 0 Å². The summed E-state index contributed by atoms with van der Waals surface area (Å²) in [5.41, 5.74) is 3.42. The normalized spacial score (nSPS) is 27.8. The molecule has 0 aliphatic carbocycles. The van der Waals surface area contributed by atoms with Gasteiger partial charge in [0.1, 0.15) is 20.3 Å². The van der Waals surface area contributed by atoms with Crippen LogP contribution in [0.15, 0.2) is 0 Å². The molecule has 1 aliphatic rings. The predicted molar refractivity (Wildman–Crippen MR) is 75.9 cm³/mol. The third-order valence-electron chi connectivity index (χ3n) is 3.77. The Morgan fingerprint density at radius 2 is 1.78 bits per heavy atom. The molecule has 4 heteroatoms. The van der Waals surface area contributed by atoms with Crippen LogP contribution in [0.2, 0.25) is 18.1 Å². The Balaban J connectivity index is 2.86. The van der Waals surface area contributed by atoms with Gasteiger partial charge in [0.2, 0.25) is 0 Å². The van der Waals surface area contributed by atoms with Gasteiger partial charge in [-0.05, 0) is 18.9 Å². The van der Waals surface area contributed by atoms with Crippen molar-refractivity contribution in [3.63, 3.8) is 0 Å². The summed E-state index contributed by atoms with van der Waals surface area (Å²) < 4.78 is 11.3. The molecule has 3 nitrogen and oxygen atoms in total. The molecule has 18 heavy (non-hydrogen) atoms. The number of rotatable bonds is 1. The van der Waals surface area contributed by atoms with Crippen LogP contribution in [-0.4, -0.2) is 37.8 Å². The van der Waals surface area contributed by atoms with Gasteiger partial charge in [-0.15, -0.1) is 5.54 Å². The van der Waals surface area contributed by atoms with Crippen molar-refractivity contribution in [2.24, 2.45) is 0 Å². The molecule has 0 bridgehead atoms. The average Bonchev–Trinajstić information content (AvgIpc) is 2.48. The number of hydrogen-bond acceptors (Lipinski definition) is 3. The average molecular weight is 270 g/mol. The van der Waals surface area contributed by atoms with E-state index in [1.165, 1.54) is 0 Å². The molecule has 1 fully saturated rings. The molecular weight excluding hydrogens is 244 g/mol. The number of aliphatic hydroxyl groups is 1. The summed E-state index contributed by atoms with van der Waals surface area (Å²) in [6.07, 6.45) is -0.656. The lowest BCUT2D eigenvalue weighted by molar-refractivity contribution is -0.145. The SMILES string of the molecule is CC1(C)O[C@@H](C#C[Si](C)(C)C(C)(C)C)[C@@H](CO)O1. The van der Waals surface area contributed by atoms with Gasteiger partial charge in [-0.25, -0.2) is 0 Å².